The average molecular weight is 381 g/mol. The van der Waals surface area contributed by atoms with Crippen molar-refractivity contribution >= 4 is 28.0 Å². The Morgan fingerprint density at radius 1 is 1.35 bits per heavy atom. The van der Waals surface area contributed by atoms with Gasteiger partial charge >= 0.3 is 5.97 Å². The Bertz CT molecular complexity index is 550. The van der Waals surface area contributed by atoms with Gasteiger partial charge in [0.25, 0.3) is 0 Å². The van der Waals surface area contributed by atoms with E-state index in [9.17, 15) is 9.90 Å². The Labute approximate surface area is 146 Å². The van der Waals surface area contributed by atoms with Gasteiger partial charge in [-0.15, -0.1) is 0 Å². The number of benzene rings is 1. The molecule has 0 fully saturated rings. The lowest BCUT2D eigenvalue weighted by Gasteiger charge is -2.06. The van der Waals surface area contributed by atoms with Gasteiger partial charge in [-0.05, 0) is 48.9 Å². The van der Waals surface area contributed by atoms with Crippen LogP contribution in [0.25, 0.3) is 6.08 Å². The van der Waals surface area contributed by atoms with Crippen LogP contribution in [0, 0.1) is 0 Å². The first kappa shape index (κ1) is 19.7. The summed E-state index contributed by atoms with van der Waals surface area (Å²) in [6.07, 6.45) is 11.4. The quantitative estimate of drug-likeness (QED) is 0.562. The van der Waals surface area contributed by atoms with Gasteiger partial charge in [-0.3, -0.25) is 4.79 Å². The first-order valence-corrected chi connectivity index (χ1v) is 8.83. The van der Waals surface area contributed by atoms with Crippen molar-refractivity contribution in [3.63, 3.8) is 0 Å². The number of hydrogen-bond donors (Lipinski definition) is 2. The lowest BCUT2D eigenvalue weighted by Crippen LogP contribution is -2.04. The van der Waals surface area contributed by atoms with Gasteiger partial charge in [0, 0.05) is 10.9 Å². The molecule has 0 heterocycles. The highest BCUT2D eigenvalue weighted by Crippen LogP contribution is 2.19. The molecule has 3 nitrogen and oxygen atoms in total. The van der Waals surface area contributed by atoms with Crippen LogP contribution in [-0.2, 0) is 11.2 Å². The monoisotopic (exact) mass is 380 g/mol. The van der Waals surface area contributed by atoms with Crippen LogP contribution in [0.1, 0.15) is 50.2 Å². The first-order chi connectivity index (χ1) is 11.0. The third-order valence-corrected chi connectivity index (χ3v) is 3.94. The SMILES string of the molecule is CCC/C=C/c1cc(Br)ccc1C/C=C/[C@@H](O)CCCC(=O)O. The number of carboxylic acids is 1. The second-order valence-electron chi connectivity index (χ2n) is 5.52. The van der Waals surface area contributed by atoms with Crippen LogP contribution in [0.15, 0.2) is 40.9 Å². The van der Waals surface area contributed by atoms with Gasteiger partial charge in [-0.2, -0.15) is 0 Å². The van der Waals surface area contributed by atoms with Gasteiger partial charge in [0.05, 0.1) is 6.10 Å². The van der Waals surface area contributed by atoms with Crippen LogP contribution in [-0.4, -0.2) is 22.3 Å². The van der Waals surface area contributed by atoms with Crippen LogP contribution in [0.5, 0.6) is 0 Å². The summed E-state index contributed by atoms with van der Waals surface area (Å²) >= 11 is 3.50. The molecular formula is C19H25BrO3. The number of unbranched alkanes of at least 4 members (excludes halogenated alkanes) is 1. The molecular weight excluding hydrogens is 356 g/mol. The number of aliphatic carboxylic acids is 1. The van der Waals surface area contributed by atoms with Crippen molar-refractivity contribution in [1.82, 2.24) is 0 Å². The van der Waals surface area contributed by atoms with E-state index in [1.807, 2.05) is 12.1 Å². The molecule has 0 radical (unpaired) electrons. The van der Waals surface area contributed by atoms with Crippen molar-refractivity contribution in [1.29, 1.82) is 0 Å². The second kappa shape index (κ2) is 11.2. The Balaban J connectivity index is 2.58. The van der Waals surface area contributed by atoms with E-state index in [2.05, 4.69) is 47.1 Å². The molecule has 0 amide bonds. The highest BCUT2D eigenvalue weighted by molar-refractivity contribution is 9.10. The second-order valence-corrected chi connectivity index (χ2v) is 6.44. The van der Waals surface area contributed by atoms with E-state index >= 15 is 0 Å². The maximum atomic E-state index is 10.4. The number of halogens is 1. The summed E-state index contributed by atoms with van der Waals surface area (Å²) in [5, 5.41) is 18.4. The van der Waals surface area contributed by atoms with Gasteiger partial charge in [0.15, 0.2) is 0 Å². The molecule has 0 aromatic heterocycles. The Hall–Kier alpha value is -1.39. The zero-order valence-electron chi connectivity index (χ0n) is 13.5. The molecule has 1 aromatic carbocycles. The summed E-state index contributed by atoms with van der Waals surface area (Å²) < 4.78 is 1.05. The van der Waals surface area contributed by atoms with E-state index in [0.717, 1.165) is 23.7 Å². The molecule has 1 rings (SSSR count). The molecule has 0 unspecified atom stereocenters. The standard InChI is InChI=1S/C19H25BrO3/c1-2-3-4-7-16-14-17(20)13-12-15(16)8-5-9-18(21)10-6-11-19(22)23/h4-5,7,9,12-14,18,21H,2-3,6,8,10-11H2,1H3,(H,22,23)/b7-4+,9-5+/t18-/m1/s1. The number of aliphatic hydroxyl groups is 1. The first-order valence-electron chi connectivity index (χ1n) is 8.04. The zero-order chi connectivity index (χ0) is 17.1. The van der Waals surface area contributed by atoms with Gasteiger partial charge in [-0.1, -0.05) is 59.6 Å². The van der Waals surface area contributed by atoms with Gasteiger partial charge in [0.1, 0.15) is 0 Å². The molecule has 0 aliphatic carbocycles. The van der Waals surface area contributed by atoms with Gasteiger partial charge in [-0.25, -0.2) is 0 Å². The number of rotatable bonds is 10. The molecule has 0 saturated carbocycles. The minimum absolute atomic E-state index is 0.101. The van der Waals surface area contributed by atoms with Crippen molar-refractivity contribution in [3.8, 4) is 0 Å². The smallest absolute Gasteiger partial charge is 0.303 e. The Kier molecular flexibility index (Phi) is 9.57. The van der Waals surface area contributed by atoms with Crippen LogP contribution < -0.4 is 0 Å². The van der Waals surface area contributed by atoms with E-state index in [4.69, 9.17) is 5.11 Å². The number of carboxylic acid groups (broad SMARTS) is 1. The molecule has 0 spiro atoms. The molecule has 0 aliphatic heterocycles. The van der Waals surface area contributed by atoms with Crippen LogP contribution >= 0.6 is 15.9 Å². The fourth-order valence-electron chi connectivity index (χ4n) is 2.19. The third kappa shape index (κ3) is 8.72. The molecule has 0 bridgehead atoms. The van der Waals surface area contributed by atoms with E-state index in [1.54, 1.807) is 6.08 Å². The van der Waals surface area contributed by atoms with Gasteiger partial charge in [0.2, 0.25) is 0 Å². The summed E-state index contributed by atoms with van der Waals surface area (Å²) in [6, 6.07) is 6.19. The molecule has 23 heavy (non-hydrogen) atoms. The maximum Gasteiger partial charge on any atom is 0.303 e. The summed E-state index contributed by atoms with van der Waals surface area (Å²) in [6.45, 7) is 2.15. The summed E-state index contributed by atoms with van der Waals surface area (Å²) in [7, 11) is 0. The summed E-state index contributed by atoms with van der Waals surface area (Å²) in [5.74, 6) is -0.820. The summed E-state index contributed by atoms with van der Waals surface area (Å²) in [4.78, 5) is 10.4. The molecule has 1 aromatic rings. The predicted octanol–water partition coefficient (Wildman–Crippen LogP) is 4.98. The molecule has 1 atom stereocenters. The molecule has 0 aliphatic rings. The zero-order valence-corrected chi connectivity index (χ0v) is 15.1. The predicted molar refractivity (Wildman–Crippen MR) is 98.4 cm³/mol. The van der Waals surface area contributed by atoms with Gasteiger partial charge < -0.3 is 10.2 Å². The molecule has 126 valence electrons. The largest absolute Gasteiger partial charge is 0.481 e. The van der Waals surface area contributed by atoms with Crippen molar-refractivity contribution in [2.45, 2.75) is 51.6 Å². The number of aliphatic hydroxyl groups excluding tert-OH is 1. The minimum atomic E-state index is -0.820. The highest BCUT2D eigenvalue weighted by Gasteiger charge is 2.03. The van der Waals surface area contributed by atoms with E-state index < -0.39 is 12.1 Å². The normalized spacial score (nSPS) is 13.0. The van der Waals surface area contributed by atoms with E-state index in [-0.39, 0.29) is 6.42 Å². The van der Waals surface area contributed by atoms with E-state index in [1.165, 1.54) is 11.1 Å². The summed E-state index contributed by atoms with van der Waals surface area (Å²) in [5.41, 5.74) is 2.38. The molecule has 4 heteroatoms. The Morgan fingerprint density at radius 2 is 2.13 bits per heavy atom. The number of carbonyl (C=O) groups is 1. The molecule has 2 N–H and O–H groups in total. The van der Waals surface area contributed by atoms with Crippen LogP contribution in [0.4, 0.5) is 0 Å². The lowest BCUT2D eigenvalue weighted by atomic mass is 10.0. The van der Waals surface area contributed by atoms with Crippen molar-refractivity contribution in [2.75, 3.05) is 0 Å². The van der Waals surface area contributed by atoms with Crippen molar-refractivity contribution < 1.29 is 15.0 Å². The van der Waals surface area contributed by atoms with Crippen LogP contribution in [0.3, 0.4) is 0 Å². The average Bonchev–Trinajstić information content (AvgIpc) is 2.49. The number of hydrogen-bond acceptors (Lipinski definition) is 2. The highest BCUT2D eigenvalue weighted by atomic mass is 79.9. The number of allylic oxidation sites excluding steroid dienone is 2. The van der Waals surface area contributed by atoms with Crippen molar-refractivity contribution in [3.05, 3.63) is 52.0 Å². The van der Waals surface area contributed by atoms with Crippen molar-refractivity contribution in [2.24, 2.45) is 0 Å². The van der Waals surface area contributed by atoms with Crippen LogP contribution in [0.2, 0.25) is 0 Å². The minimum Gasteiger partial charge on any atom is -0.481 e. The van der Waals surface area contributed by atoms with E-state index in [0.29, 0.717) is 12.8 Å². The fourth-order valence-corrected chi connectivity index (χ4v) is 2.57. The fraction of sp³-hybridized carbons (Fsp3) is 0.421. The Morgan fingerprint density at radius 3 is 2.83 bits per heavy atom. The topological polar surface area (TPSA) is 57.5 Å². The molecule has 0 saturated heterocycles. The lowest BCUT2D eigenvalue weighted by molar-refractivity contribution is -0.137. The maximum absolute atomic E-state index is 10.4. The third-order valence-electron chi connectivity index (χ3n) is 3.45.